The van der Waals surface area contributed by atoms with Crippen molar-refractivity contribution in [1.82, 2.24) is 20.1 Å². The van der Waals surface area contributed by atoms with Gasteiger partial charge in [-0.1, -0.05) is 36.4 Å². The lowest BCUT2D eigenvalue weighted by molar-refractivity contribution is 0.0955. The van der Waals surface area contributed by atoms with E-state index in [1.807, 2.05) is 60.8 Å². The zero-order valence-corrected chi connectivity index (χ0v) is 19.8. The molecule has 0 spiro atoms. The van der Waals surface area contributed by atoms with Gasteiger partial charge in [0, 0.05) is 6.54 Å². The van der Waals surface area contributed by atoms with E-state index >= 15 is 0 Å². The molecule has 7 nitrogen and oxygen atoms in total. The highest BCUT2D eigenvalue weighted by molar-refractivity contribution is 7.91. The molecule has 4 aromatic rings. The predicted molar refractivity (Wildman–Crippen MR) is 130 cm³/mol. The first-order valence-electron chi connectivity index (χ1n) is 10.9. The molecule has 170 valence electrons. The van der Waals surface area contributed by atoms with Crippen LogP contribution in [0.15, 0.2) is 53.9 Å². The number of sulfone groups is 1. The van der Waals surface area contributed by atoms with Crippen molar-refractivity contribution in [1.29, 1.82) is 0 Å². The number of carbonyl (C=O) groups is 1. The Labute approximate surface area is 196 Å². The van der Waals surface area contributed by atoms with Gasteiger partial charge in [0.15, 0.2) is 15.5 Å². The molecule has 33 heavy (non-hydrogen) atoms. The minimum absolute atomic E-state index is 0.0483. The van der Waals surface area contributed by atoms with E-state index in [1.54, 1.807) is 16.0 Å². The van der Waals surface area contributed by atoms with Crippen LogP contribution in [0.2, 0.25) is 0 Å². The van der Waals surface area contributed by atoms with Crippen molar-refractivity contribution in [2.24, 2.45) is 0 Å². The van der Waals surface area contributed by atoms with Gasteiger partial charge in [-0.25, -0.2) is 18.1 Å². The van der Waals surface area contributed by atoms with Gasteiger partial charge in [-0.3, -0.25) is 4.79 Å². The second kappa shape index (κ2) is 8.72. The molecule has 0 radical (unpaired) electrons. The van der Waals surface area contributed by atoms with Crippen LogP contribution in [0.4, 0.5) is 0 Å². The summed E-state index contributed by atoms with van der Waals surface area (Å²) in [5, 5.41) is 10.3. The van der Waals surface area contributed by atoms with Gasteiger partial charge in [0.2, 0.25) is 0 Å². The summed E-state index contributed by atoms with van der Waals surface area (Å²) in [5.74, 6) is 0.0141. The van der Waals surface area contributed by atoms with Gasteiger partial charge in [-0.15, -0.1) is 11.3 Å². The third-order valence-corrected chi connectivity index (χ3v) is 8.59. The van der Waals surface area contributed by atoms with Crippen molar-refractivity contribution in [3.8, 4) is 10.6 Å². The van der Waals surface area contributed by atoms with E-state index in [-0.39, 0.29) is 23.5 Å². The summed E-state index contributed by atoms with van der Waals surface area (Å²) in [5.41, 5.74) is 3.60. The van der Waals surface area contributed by atoms with Gasteiger partial charge in [0.05, 0.1) is 44.8 Å². The minimum Gasteiger partial charge on any atom is -0.352 e. The van der Waals surface area contributed by atoms with Gasteiger partial charge >= 0.3 is 0 Å². The summed E-state index contributed by atoms with van der Waals surface area (Å²) in [6.07, 6.45) is 1.23. The quantitative estimate of drug-likeness (QED) is 0.453. The molecular weight excluding hydrogens is 456 g/mol. The SMILES string of the molecule is Cc1nn([C@@H]2CCS(=O)(=O)C2)c2nc(-c3cccs3)cc(C(=O)NCCc3ccccc3)c12. The largest absolute Gasteiger partial charge is 0.352 e. The molecule has 9 heteroatoms. The molecule has 0 unspecified atom stereocenters. The van der Waals surface area contributed by atoms with E-state index < -0.39 is 9.84 Å². The Morgan fingerprint density at radius 3 is 2.73 bits per heavy atom. The van der Waals surface area contributed by atoms with Gasteiger partial charge < -0.3 is 5.32 Å². The number of amides is 1. The van der Waals surface area contributed by atoms with Crippen LogP contribution in [-0.2, 0) is 16.3 Å². The predicted octanol–water partition coefficient (Wildman–Crippen LogP) is 3.80. The normalized spacial score (nSPS) is 17.4. The maximum Gasteiger partial charge on any atom is 0.252 e. The molecule has 3 aromatic heterocycles. The van der Waals surface area contributed by atoms with Crippen molar-refractivity contribution in [3.63, 3.8) is 0 Å². The highest BCUT2D eigenvalue weighted by Crippen LogP contribution is 2.33. The first kappa shape index (κ1) is 21.8. The van der Waals surface area contributed by atoms with Crippen LogP contribution in [-0.4, -0.2) is 47.1 Å². The number of benzene rings is 1. The van der Waals surface area contributed by atoms with Crippen molar-refractivity contribution < 1.29 is 13.2 Å². The third-order valence-electron chi connectivity index (χ3n) is 5.95. The Morgan fingerprint density at radius 2 is 2.03 bits per heavy atom. The average Bonchev–Trinajstić information content (AvgIpc) is 3.53. The number of pyridine rings is 1. The average molecular weight is 481 g/mol. The van der Waals surface area contributed by atoms with Crippen molar-refractivity contribution in [2.75, 3.05) is 18.1 Å². The summed E-state index contributed by atoms with van der Waals surface area (Å²) in [4.78, 5) is 19.1. The molecule has 1 saturated heterocycles. The molecule has 1 amide bonds. The Bertz CT molecular complexity index is 1410. The molecule has 1 aromatic carbocycles. The van der Waals surface area contributed by atoms with E-state index in [4.69, 9.17) is 4.98 Å². The first-order valence-corrected chi connectivity index (χ1v) is 13.6. The fourth-order valence-electron chi connectivity index (χ4n) is 4.33. The van der Waals surface area contributed by atoms with E-state index in [1.165, 1.54) is 0 Å². The molecule has 1 atom stereocenters. The van der Waals surface area contributed by atoms with Crippen LogP contribution in [0, 0.1) is 6.92 Å². The van der Waals surface area contributed by atoms with Gasteiger partial charge in [0.25, 0.3) is 5.91 Å². The third kappa shape index (κ3) is 4.43. The van der Waals surface area contributed by atoms with Crippen molar-refractivity contribution >= 4 is 38.1 Å². The standard InChI is InChI=1S/C24H24N4O3S2/c1-16-22-19(24(29)25-11-9-17-6-3-2-4-7-17)14-20(21-8-5-12-32-21)26-23(22)28(27-16)18-10-13-33(30,31)15-18/h2-8,12,14,18H,9-11,13,15H2,1H3,(H,25,29)/t18-/m1/s1. The second-order valence-corrected chi connectivity index (χ2v) is 11.5. The van der Waals surface area contributed by atoms with E-state index in [0.29, 0.717) is 41.0 Å². The number of hydrogen-bond donors (Lipinski definition) is 1. The maximum absolute atomic E-state index is 13.3. The molecule has 4 heterocycles. The van der Waals surface area contributed by atoms with Crippen molar-refractivity contribution in [3.05, 3.63) is 70.7 Å². The van der Waals surface area contributed by atoms with E-state index in [0.717, 1.165) is 16.9 Å². The summed E-state index contributed by atoms with van der Waals surface area (Å²) >= 11 is 1.55. The van der Waals surface area contributed by atoms with Crippen LogP contribution < -0.4 is 5.32 Å². The minimum atomic E-state index is -3.09. The Kier molecular flexibility index (Phi) is 5.76. The van der Waals surface area contributed by atoms with Crippen LogP contribution in [0.3, 0.4) is 0 Å². The molecule has 1 N–H and O–H groups in total. The Balaban J connectivity index is 1.53. The number of fused-ring (bicyclic) bond motifs is 1. The number of aromatic nitrogens is 3. The summed E-state index contributed by atoms with van der Waals surface area (Å²) in [7, 11) is -3.09. The highest BCUT2D eigenvalue weighted by Gasteiger charge is 2.32. The van der Waals surface area contributed by atoms with Crippen LogP contribution >= 0.6 is 11.3 Å². The monoisotopic (exact) mass is 480 g/mol. The number of carbonyl (C=O) groups excluding carboxylic acids is 1. The second-order valence-electron chi connectivity index (χ2n) is 8.31. The van der Waals surface area contributed by atoms with Gasteiger partial charge in [-0.05, 0) is 42.8 Å². The first-order chi connectivity index (χ1) is 15.9. The molecule has 1 aliphatic rings. The molecule has 5 rings (SSSR count). The fraction of sp³-hybridized carbons (Fsp3) is 0.292. The lowest BCUT2D eigenvalue weighted by Crippen LogP contribution is -2.26. The molecular formula is C24H24N4O3S2. The zero-order chi connectivity index (χ0) is 23.0. The number of aryl methyl sites for hydroxylation is 1. The molecule has 1 aliphatic heterocycles. The smallest absolute Gasteiger partial charge is 0.252 e. The van der Waals surface area contributed by atoms with Crippen LogP contribution in [0.25, 0.3) is 21.6 Å². The number of nitrogens with one attached hydrogen (secondary N) is 1. The molecule has 1 fully saturated rings. The zero-order valence-electron chi connectivity index (χ0n) is 18.2. The van der Waals surface area contributed by atoms with Gasteiger partial charge in [-0.2, -0.15) is 5.10 Å². The van der Waals surface area contributed by atoms with Crippen LogP contribution in [0.1, 0.15) is 34.1 Å². The Hall–Kier alpha value is -3.04. The Morgan fingerprint density at radius 1 is 1.21 bits per heavy atom. The molecule has 0 saturated carbocycles. The molecule has 0 bridgehead atoms. The molecule has 0 aliphatic carbocycles. The summed E-state index contributed by atoms with van der Waals surface area (Å²) in [6.45, 7) is 2.35. The van der Waals surface area contributed by atoms with Crippen LogP contribution in [0.5, 0.6) is 0 Å². The van der Waals surface area contributed by atoms with E-state index in [9.17, 15) is 13.2 Å². The number of thiophene rings is 1. The number of rotatable bonds is 6. The highest BCUT2D eigenvalue weighted by atomic mass is 32.2. The maximum atomic E-state index is 13.3. The van der Waals surface area contributed by atoms with Gasteiger partial charge in [0.1, 0.15) is 0 Å². The van der Waals surface area contributed by atoms with Crippen molar-refractivity contribution in [2.45, 2.75) is 25.8 Å². The summed E-state index contributed by atoms with van der Waals surface area (Å²) in [6, 6.07) is 15.5. The topological polar surface area (TPSA) is 93.9 Å². The number of nitrogens with zero attached hydrogens (tertiary/aromatic N) is 3. The fourth-order valence-corrected chi connectivity index (χ4v) is 6.70. The summed E-state index contributed by atoms with van der Waals surface area (Å²) < 4.78 is 25.9. The lowest BCUT2D eigenvalue weighted by Gasteiger charge is -2.12. The lowest BCUT2D eigenvalue weighted by atomic mass is 10.1. The number of hydrogen-bond acceptors (Lipinski definition) is 6. The van der Waals surface area contributed by atoms with E-state index in [2.05, 4.69) is 10.4 Å².